The summed E-state index contributed by atoms with van der Waals surface area (Å²) in [5.41, 5.74) is 0.0170. The van der Waals surface area contributed by atoms with Crippen molar-refractivity contribution in [3.05, 3.63) is 35.4 Å². The first-order valence-electron chi connectivity index (χ1n) is 8.92. The molecular weight excluding hydrogens is 352 g/mol. The lowest BCUT2D eigenvalue weighted by Gasteiger charge is -2.23. The van der Waals surface area contributed by atoms with Gasteiger partial charge in [-0.2, -0.15) is 0 Å². The number of esters is 2. The zero-order valence-electron chi connectivity index (χ0n) is 15.4. The highest BCUT2D eigenvalue weighted by Gasteiger charge is 2.25. The van der Waals surface area contributed by atoms with Crippen LogP contribution in [0.25, 0.3) is 0 Å². The summed E-state index contributed by atoms with van der Waals surface area (Å²) in [6.07, 6.45) is 3.81. The molecule has 1 unspecified atom stereocenters. The number of methoxy groups -OCH3 is 1. The number of hydrogen-bond acceptors (Lipinski definition) is 6. The van der Waals surface area contributed by atoms with E-state index in [9.17, 15) is 19.2 Å². The molecule has 1 aliphatic carbocycles. The van der Waals surface area contributed by atoms with Gasteiger partial charge in [0.2, 0.25) is 0 Å². The molecule has 0 bridgehead atoms. The van der Waals surface area contributed by atoms with Gasteiger partial charge in [-0.3, -0.25) is 10.1 Å². The van der Waals surface area contributed by atoms with E-state index in [4.69, 9.17) is 4.74 Å². The highest BCUT2D eigenvalue weighted by molar-refractivity contribution is 6.04. The molecular formula is C19H24N2O6. The first kappa shape index (κ1) is 20.4. The summed E-state index contributed by atoms with van der Waals surface area (Å²) < 4.78 is 9.71. The molecule has 1 aromatic carbocycles. The van der Waals surface area contributed by atoms with Gasteiger partial charge in [0.05, 0.1) is 18.2 Å². The number of carbonyl (C=O) groups is 4. The molecule has 2 N–H and O–H groups in total. The first-order chi connectivity index (χ1) is 12.9. The number of benzene rings is 1. The number of rotatable bonds is 5. The van der Waals surface area contributed by atoms with Crippen LogP contribution in [0.2, 0.25) is 0 Å². The summed E-state index contributed by atoms with van der Waals surface area (Å²) in [5, 5.41) is 4.92. The molecule has 0 aliphatic heterocycles. The van der Waals surface area contributed by atoms with Crippen LogP contribution in [0, 0.1) is 0 Å². The fraction of sp³-hybridized carbons (Fsp3) is 0.474. The molecule has 1 saturated carbocycles. The molecule has 0 aromatic heterocycles. The largest absolute Gasteiger partial charge is 0.465 e. The molecule has 2 rings (SSSR count). The van der Waals surface area contributed by atoms with Crippen LogP contribution in [0.15, 0.2) is 24.3 Å². The molecule has 8 heteroatoms. The minimum absolute atomic E-state index is 0.0179. The Morgan fingerprint density at radius 1 is 1.00 bits per heavy atom. The van der Waals surface area contributed by atoms with Gasteiger partial charge >= 0.3 is 18.0 Å². The van der Waals surface area contributed by atoms with Crippen LogP contribution in [0.3, 0.4) is 0 Å². The third kappa shape index (κ3) is 5.80. The van der Waals surface area contributed by atoms with Gasteiger partial charge in [-0.15, -0.1) is 0 Å². The minimum atomic E-state index is -1.21. The van der Waals surface area contributed by atoms with Gasteiger partial charge in [0.25, 0.3) is 5.91 Å². The van der Waals surface area contributed by atoms with E-state index in [1.165, 1.54) is 26.2 Å². The normalized spacial score (nSPS) is 15.3. The monoisotopic (exact) mass is 376 g/mol. The van der Waals surface area contributed by atoms with Crippen molar-refractivity contribution in [1.29, 1.82) is 0 Å². The molecule has 1 aromatic rings. The fourth-order valence-electron chi connectivity index (χ4n) is 2.91. The maximum atomic E-state index is 12.3. The van der Waals surface area contributed by atoms with Crippen LogP contribution >= 0.6 is 0 Å². The average Bonchev–Trinajstić information content (AvgIpc) is 2.67. The van der Waals surface area contributed by atoms with Crippen molar-refractivity contribution < 1.29 is 28.7 Å². The van der Waals surface area contributed by atoms with Gasteiger partial charge in [0.1, 0.15) is 0 Å². The standard InChI is InChI=1S/C19H24N2O6/c1-12(16(22)21-19(25)20-13-8-4-3-5-9-13)27-18(24)15-11-7-6-10-14(15)17(23)26-2/h6-7,10-13H,3-5,8-9H2,1-2H3,(H2,20,21,22,25). The van der Waals surface area contributed by atoms with Gasteiger partial charge in [0.15, 0.2) is 6.10 Å². The molecule has 1 aliphatic rings. The molecule has 27 heavy (non-hydrogen) atoms. The Bertz CT molecular complexity index is 712. The van der Waals surface area contributed by atoms with E-state index in [2.05, 4.69) is 15.4 Å². The lowest BCUT2D eigenvalue weighted by atomic mass is 9.96. The smallest absolute Gasteiger partial charge is 0.339 e. The number of amides is 3. The van der Waals surface area contributed by atoms with Gasteiger partial charge in [-0.25, -0.2) is 14.4 Å². The van der Waals surface area contributed by atoms with E-state index in [1.807, 2.05) is 0 Å². The van der Waals surface area contributed by atoms with E-state index in [-0.39, 0.29) is 17.2 Å². The van der Waals surface area contributed by atoms with Crippen molar-refractivity contribution >= 4 is 23.9 Å². The Morgan fingerprint density at radius 3 is 2.19 bits per heavy atom. The number of imide groups is 1. The summed E-state index contributed by atoms with van der Waals surface area (Å²) >= 11 is 0. The SMILES string of the molecule is COC(=O)c1ccccc1C(=O)OC(C)C(=O)NC(=O)NC1CCCCC1. The molecule has 3 amide bonds. The van der Waals surface area contributed by atoms with Crippen LogP contribution < -0.4 is 10.6 Å². The molecule has 146 valence electrons. The number of urea groups is 1. The minimum Gasteiger partial charge on any atom is -0.465 e. The summed E-state index contributed by atoms with van der Waals surface area (Å²) in [5.74, 6) is -2.29. The first-order valence-corrected chi connectivity index (χ1v) is 8.92. The van der Waals surface area contributed by atoms with Crippen molar-refractivity contribution in [3.63, 3.8) is 0 Å². The number of carbonyl (C=O) groups excluding carboxylic acids is 4. The van der Waals surface area contributed by atoms with Crippen molar-refractivity contribution in [2.24, 2.45) is 0 Å². The summed E-state index contributed by atoms with van der Waals surface area (Å²) in [7, 11) is 1.20. The Hall–Kier alpha value is -2.90. The number of hydrogen-bond donors (Lipinski definition) is 2. The quantitative estimate of drug-likeness (QED) is 0.762. The highest BCUT2D eigenvalue weighted by atomic mass is 16.5. The molecule has 0 spiro atoms. The lowest BCUT2D eigenvalue weighted by molar-refractivity contribution is -0.127. The zero-order valence-corrected chi connectivity index (χ0v) is 15.4. The molecule has 8 nitrogen and oxygen atoms in total. The molecule has 1 fully saturated rings. The van der Waals surface area contributed by atoms with Gasteiger partial charge in [-0.05, 0) is 31.9 Å². The van der Waals surface area contributed by atoms with E-state index in [0.29, 0.717) is 0 Å². The van der Waals surface area contributed by atoms with Gasteiger partial charge in [0, 0.05) is 6.04 Å². The highest BCUT2D eigenvalue weighted by Crippen LogP contribution is 2.17. The second-order valence-corrected chi connectivity index (χ2v) is 6.38. The summed E-state index contributed by atoms with van der Waals surface area (Å²) in [4.78, 5) is 48.0. The lowest BCUT2D eigenvalue weighted by Crippen LogP contribution is -2.48. The molecule has 0 saturated heterocycles. The Morgan fingerprint density at radius 2 is 1.59 bits per heavy atom. The van der Waals surface area contributed by atoms with E-state index in [0.717, 1.165) is 32.1 Å². The Kier molecular flexibility index (Phi) is 7.34. The maximum absolute atomic E-state index is 12.3. The van der Waals surface area contributed by atoms with Crippen LogP contribution in [0.4, 0.5) is 4.79 Å². The maximum Gasteiger partial charge on any atom is 0.339 e. The molecule has 0 radical (unpaired) electrons. The fourth-order valence-corrected chi connectivity index (χ4v) is 2.91. The van der Waals surface area contributed by atoms with Crippen LogP contribution in [-0.4, -0.2) is 43.1 Å². The van der Waals surface area contributed by atoms with Gasteiger partial charge < -0.3 is 14.8 Å². The van der Waals surface area contributed by atoms with Crippen molar-refractivity contribution in [2.75, 3.05) is 7.11 Å². The third-order valence-corrected chi connectivity index (χ3v) is 4.38. The van der Waals surface area contributed by atoms with E-state index in [1.54, 1.807) is 12.1 Å². The van der Waals surface area contributed by atoms with Crippen molar-refractivity contribution in [2.45, 2.75) is 51.2 Å². The van der Waals surface area contributed by atoms with Crippen molar-refractivity contribution in [3.8, 4) is 0 Å². The van der Waals surface area contributed by atoms with Crippen LogP contribution in [-0.2, 0) is 14.3 Å². The predicted molar refractivity (Wildman–Crippen MR) is 96.2 cm³/mol. The molecule has 1 atom stereocenters. The second-order valence-electron chi connectivity index (χ2n) is 6.38. The average molecular weight is 376 g/mol. The zero-order chi connectivity index (χ0) is 19.8. The third-order valence-electron chi connectivity index (χ3n) is 4.38. The Labute approximate surface area is 157 Å². The Balaban J connectivity index is 1.91. The molecule has 0 heterocycles. The van der Waals surface area contributed by atoms with Crippen LogP contribution in [0.1, 0.15) is 59.7 Å². The van der Waals surface area contributed by atoms with E-state index >= 15 is 0 Å². The van der Waals surface area contributed by atoms with E-state index < -0.39 is 30.0 Å². The number of nitrogens with one attached hydrogen (secondary N) is 2. The summed E-state index contributed by atoms with van der Waals surface area (Å²) in [6, 6.07) is 5.40. The predicted octanol–water partition coefficient (Wildman–Crippen LogP) is 2.18. The summed E-state index contributed by atoms with van der Waals surface area (Å²) in [6.45, 7) is 1.35. The topological polar surface area (TPSA) is 111 Å². The van der Waals surface area contributed by atoms with Gasteiger partial charge in [-0.1, -0.05) is 31.4 Å². The second kappa shape index (κ2) is 9.70. The number of ether oxygens (including phenoxy) is 2. The van der Waals surface area contributed by atoms with Crippen molar-refractivity contribution in [1.82, 2.24) is 10.6 Å². The van der Waals surface area contributed by atoms with Crippen LogP contribution in [0.5, 0.6) is 0 Å².